The van der Waals surface area contributed by atoms with Crippen LogP contribution in [-0.2, 0) is 9.59 Å². The minimum absolute atomic E-state index is 0.0459. The highest BCUT2D eigenvalue weighted by molar-refractivity contribution is 5.88. The maximum Gasteiger partial charge on any atom is 0.243 e. The Morgan fingerprint density at radius 3 is 2.60 bits per heavy atom. The number of carbonyl (C=O) groups is 2. The number of nitrogens with one attached hydrogen (secondary N) is 1. The van der Waals surface area contributed by atoms with Gasteiger partial charge in [0.25, 0.3) is 0 Å². The standard InChI is InChI=1S/C16H22N2O2/c1-3-14(18-11-7-10-15(18)19)16(20)17-12(2)13-8-5-4-6-9-13/h4-6,8-9,12,14H,3,7,10-11H2,1-2H3,(H,17,20)/t12-,14+/m1/s1. The van der Waals surface area contributed by atoms with Crippen molar-refractivity contribution >= 4 is 11.8 Å². The van der Waals surface area contributed by atoms with Gasteiger partial charge in [-0.2, -0.15) is 0 Å². The van der Waals surface area contributed by atoms with Crippen molar-refractivity contribution in [2.45, 2.75) is 45.2 Å². The molecule has 0 spiro atoms. The summed E-state index contributed by atoms with van der Waals surface area (Å²) in [6, 6.07) is 9.47. The summed E-state index contributed by atoms with van der Waals surface area (Å²) in [6.45, 7) is 4.61. The summed E-state index contributed by atoms with van der Waals surface area (Å²) in [6.07, 6.45) is 2.08. The van der Waals surface area contributed by atoms with E-state index in [1.165, 1.54) is 0 Å². The Labute approximate surface area is 120 Å². The first-order valence-corrected chi connectivity index (χ1v) is 7.28. The Morgan fingerprint density at radius 2 is 2.05 bits per heavy atom. The molecule has 108 valence electrons. The van der Waals surface area contributed by atoms with Gasteiger partial charge < -0.3 is 10.2 Å². The highest BCUT2D eigenvalue weighted by atomic mass is 16.2. The molecule has 1 aliphatic heterocycles. The molecule has 2 rings (SSSR count). The highest BCUT2D eigenvalue weighted by Gasteiger charge is 2.31. The highest BCUT2D eigenvalue weighted by Crippen LogP contribution is 2.18. The van der Waals surface area contributed by atoms with Crippen molar-refractivity contribution in [3.63, 3.8) is 0 Å². The first-order valence-electron chi connectivity index (χ1n) is 7.28. The molecule has 1 N–H and O–H groups in total. The van der Waals surface area contributed by atoms with E-state index in [1.54, 1.807) is 4.90 Å². The smallest absolute Gasteiger partial charge is 0.243 e. The van der Waals surface area contributed by atoms with Crippen LogP contribution in [0.4, 0.5) is 0 Å². The molecule has 0 radical (unpaired) electrons. The van der Waals surface area contributed by atoms with Crippen molar-refractivity contribution in [1.29, 1.82) is 0 Å². The van der Waals surface area contributed by atoms with Crippen molar-refractivity contribution in [2.75, 3.05) is 6.54 Å². The lowest BCUT2D eigenvalue weighted by Gasteiger charge is -2.27. The van der Waals surface area contributed by atoms with Gasteiger partial charge >= 0.3 is 0 Å². The van der Waals surface area contributed by atoms with Gasteiger partial charge in [0.1, 0.15) is 6.04 Å². The third-order valence-corrected chi connectivity index (χ3v) is 3.83. The van der Waals surface area contributed by atoms with Crippen LogP contribution >= 0.6 is 0 Å². The lowest BCUT2D eigenvalue weighted by Crippen LogP contribution is -2.47. The van der Waals surface area contributed by atoms with Gasteiger partial charge in [0.15, 0.2) is 0 Å². The number of likely N-dealkylation sites (tertiary alicyclic amines) is 1. The Morgan fingerprint density at radius 1 is 1.35 bits per heavy atom. The summed E-state index contributed by atoms with van der Waals surface area (Å²) >= 11 is 0. The van der Waals surface area contributed by atoms with Gasteiger partial charge in [0, 0.05) is 13.0 Å². The van der Waals surface area contributed by atoms with Crippen LogP contribution in [0.1, 0.15) is 44.7 Å². The predicted octanol–water partition coefficient (Wildman–Crippen LogP) is 2.26. The van der Waals surface area contributed by atoms with Crippen LogP contribution in [0.3, 0.4) is 0 Å². The number of rotatable bonds is 5. The van der Waals surface area contributed by atoms with E-state index in [4.69, 9.17) is 0 Å². The minimum atomic E-state index is -0.337. The van der Waals surface area contributed by atoms with Crippen LogP contribution in [-0.4, -0.2) is 29.3 Å². The Kier molecular flexibility index (Phi) is 4.77. The predicted molar refractivity (Wildman–Crippen MR) is 78.0 cm³/mol. The number of hydrogen-bond donors (Lipinski definition) is 1. The largest absolute Gasteiger partial charge is 0.348 e. The lowest BCUT2D eigenvalue weighted by molar-refractivity contribution is -0.137. The van der Waals surface area contributed by atoms with E-state index in [2.05, 4.69) is 5.32 Å². The summed E-state index contributed by atoms with van der Waals surface area (Å²) in [5.74, 6) is 0.0402. The number of amides is 2. The van der Waals surface area contributed by atoms with Gasteiger partial charge in [0.2, 0.25) is 11.8 Å². The van der Waals surface area contributed by atoms with Gasteiger partial charge in [-0.1, -0.05) is 37.3 Å². The fourth-order valence-corrected chi connectivity index (χ4v) is 2.68. The van der Waals surface area contributed by atoms with Crippen molar-refractivity contribution < 1.29 is 9.59 Å². The van der Waals surface area contributed by atoms with Crippen molar-refractivity contribution in [2.24, 2.45) is 0 Å². The molecule has 4 nitrogen and oxygen atoms in total. The van der Waals surface area contributed by atoms with Crippen molar-refractivity contribution in [1.82, 2.24) is 10.2 Å². The molecule has 0 aromatic heterocycles. The van der Waals surface area contributed by atoms with Crippen LogP contribution in [0.5, 0.6) is 0 Å². The van der Waals surface area contributed by atoms with Crippen LogP contribution in [0.15, 0.2) is 30.3 Å². The summed E-state index contributed by atoms with van der Waals surface area (Å²) in [5.41, 5.74) is 1.07. The third kappa shape index (κ3) is 3.18. The lowest BCUT2D eigenvalue weighted by atomic mass is 10.1. The average molecular weight is 274 g/mol. The monoisotopic (exact) mass is 274 g/mol. The summed E-state index contributed by atoms with van der Waals surface area (Å²) in [4.78, 5) is 25.9. The fourth-order valence-electron chi connectivity index (χ4n) is 2.68. The Bertz CT molecular complexity index is 473. The molecule has 1 saturated heterocycles. The van der Waals surface area contributed by atoms with Crippen molar-refractivity contribution in [3.05, 3.63) is 35.9 Å². The van der Waals surface area contributed by atoms with E-state index in [0.717, 1.165) is 12.0 Å². The zero-order valence-corrected chi connectivity index (χ0v) is 12.1. The van der Waals surface area contributed by atoms with Gasteiger partial charge in [-0.15, -0.1) is 0 Å². The molecule has 20 heavy (non-hydrogen) atoms. The topological polar surface area (TPSA) is 49.4 Å². The second kappa shape index (κ2) is 6.55. The first-order chi connectivity index (χ1) is 9.63. The first kappa shape index (κ1) is 14.6. The molecule has 0 unspecified atom stereocenters. The molecule has 4 heteroatoms. The van der Waals surface area contributed by atoms with E-state index < -0.39 is 0 Å². The van der Waals surface area contributed by atoms with E-state index >= 15 is 0 Å². The number of hydrogen-bond acceptors (Lipinski definition) is 2. The van der Waals surface area contributed by atoms with E-state index in [1.807, 2.05) is 44.2 Å². The molecule has 0 saturated carbocycles. The average Bonchev–Trinajstić information content (AvgIpc) is 2.87. The number of nitrogens with zero attached hydrogens (tertiary/aromatic N) is 1. The molecule has 0 aliphatic carbocycles. The van der Waals surface area contributed by atoms with Gasteiger partial charge in [-0.3, -0.25) is 9.59 Å². The van der Waals surface area contributed by atoms with Crippen LogP contribution < -0.4 is 5.32 Å². The van der Waals surface area contributed by atoms with Crippen LogP contribution in [0.25, 0.3) is 0 Å². The molecule has 2 amide bonds. The molecule has 1 aliphatic rings. The molecule has 1 heterocycles. The van der Waals surface area contributed by atoms with E-state index in [0.29, 0.717) is 19.4 Å². The van der Waals surface area contributed by atoms with Crippen molar-refractivity contribution in [3.8, 4) is 0 Å². The SMILES string of the molecule is CC[C@@H](C(=O)N[C@H](C)c1ccccc1)N1CCCC1=O. The second-order valence-corrected chi connectivity index (χ2v) is 5.26. The molecular formula is C16H22N2O2. The summed E-state index contributed by atoms with van der Waals surface area (Å²) in [5, 5.41) is 3.01. The van der Waals surface area contributed by atoms with Crippen LogP contribution in [0, 0.1) is 0 Å². The maximum atomic E-state index is 12.4. The molecule has 2 atom stereocenters. The third-order valence-electron chi connectivity index (χ3n) is 3.83. The molecule has 1 fully saturated rings. The van der Waals surface area contributed by atoms with E-state index in [-0.39, 0.29) is 23.9 Å². The summed E-state index contributed by atoms with van der Waals surface area (Å²) < 4.78 is 0. The van der Waals surface area contributed by atoms with Gasteiger partial charge in [-0.25, -0.2) is 0 Å². The normalized spacial score (nSPS) is 17.9. The number of benzene rings is 1. The molecule has 0 bridgehead atoms. The minimum Gasteiger partial charge on any atom is -0.348 e. The summed E-state index contributed by atoms with van der Waals surface area (Å²) in [7, 11) is 0. The molecular weight excluding hydrogens is 252 g/mol. The zero-order chi connectivity index (χ0) is 14.5. The molecule has 1 aromatic rings. The van der Waals surface area contributed by atoms with Gasteiger partial charge in [0.05, 0.1) is 6.04 Å². The van der Waals surface area contributed by atoms with Gasteiger partial charge in [-0.05, 0) is 25.3 Å². The Hall–Kier alpha value is -1.84. The van der Waals surface area contributed by atoms with E-state index in [9.17, 15) is 9.59 Å². The Balaban J connectivity index is 2.01. The second-order valence-electron chi connectivity index (χ2n) is 5.26. The number of carbonyl (C=O) groups excluding carboxylic acids is 2. The maximum absolute atomic E-state index is 12.4. The zero-order valence-electron chi connectivity index (χ0n) is 12.1. The molecule has 1 aromatic carbocycles. The quantitative estimate of drug-likeness (QED) is 0.895. The van der Waals surface area contributed by atoms with Crippen LogP contribution in [0.2, 0.25) is 0 Å². The fraction of sp³-hybridized carbons (Fsp3) is 0.500.